The number of halogens is 2. The van der Waals surface area contributed by atoms with Crippen molar-refractivity contribution in [2.45, 2.75) is 109 Å². The van der Waals surface area contributed by atoms with Crippen molar-refractivity contribution in [2.24, 2.45) is 7.05 Å². The number of anilines is 2. The molecule has 0 saturated carbocycles. The molecule has 0 radical (unpaired) electrons. The minimum absolute atomic E-state index is 0.00330. The molecule has 1 unspecified atom stereocenters. The lowest BCUT2D eigenvalue weighted by atomic mass is 9.90. The summed E-state index contributed by atoms with van der Waals surface area (Å²) in [7, 11) is 0.516. The van der Waals surface area contributed by atoms with Gasteiger partial charge in [0.2, 0.25) is 17.7 Å². The van der Waals surface area contributed by atoms with Gasteiger partial charge in [0.25, 0.3) is 6.43 Å². The average Bonchev–Trinajstić information content (AvgIpc) is 3.88. The number of rotatable bonds is 14. The summed E-state index contributed by atoms with van der Waals surface area (Å²) in [5, 5.41) is 6.10. The summed E-state index contributed by atoms with van der Waals surface area (Å²) in [6.07, 6.45) is 9.09. The van der Waals surface area contributed by atoms with Crippen LogP contribution in [0.4, 0.5) is 20.2 Å². The van der Waals surface area contributed by atoms with Crippen LogP contribution in [-0.4, -0.2) is 82.5 Å². The van der Waals surface area contributed by atoms with Crippen LogP contribution >= 0.6 is 0 Å². The van der Waals surface area contributed by atoms with Gasteiger partial charge in [-0.05, 0) is 90.4 Å². The molecule has 8 rings (SSSR count). The number of aromatic nitrogens is 3. The van der Waals surface area contributed by atoms with E-state index in [9.17, 15) is 23.2 Å². The molecule has 5 heterocycles. The molecular formula is C48H58F2N6O5Si. The van der Waals surface area contributed by atoms with Crippen LogP contribution in [0.25, 0.3) is 21.9 Å². The zero-order valence-corrected chi connectivity index (χ0v) is 37.5. The molecule has 62 heavy (non-hydrogen) atoms. The van der Waals surface area contributed by atoms with Gasteiger partial charge >= 0.3 is 0 Å². The van der Waals surface area contributed by atoms with E-state index in [-0.39, 0.29) is 48.9 Å². The van der Waals surface area contributed by atoms with Crippen LogP contribution in [0.3, 0.4) is 0 Å². The smallest absolute Gasteiger partial charge is 0.264 e. The molecule has 0 aliphatic carbocycles. The number of aryl methyl sites for hydroxylation is 2. The fraction of sp³-hybridized carbons (Fsp3) is 0.458. The van der Waals surface area contributed by atoms with Crippen molar-refractivity contribution >= 4 is 47.9 Å². The largest absolute Gasteiger partial charge is 0.372 e. The highest BCUT2D eigenvalue weighted by Crippen LogP contribution is 2.45. The third-order valence-corrected chi connectivity index (χ3v) is 14.3. The van der Waals surface area contributed by atoms with Crippen LogP contribution in [0.5, 0.6) is 0 Å². The Morgan fingerprint density at radius 1 is 0.919 bits per heavy atom. The lowest BCUT2D eigenvalue weighted by Crippen LogP contribution is -2.46. The molecule has 3 aromatic carbocycles. The lowest BCUT2D eigenvalue weighted by Gasteiger charge is -2.38. The van der Waals surface area contributed by atoms with E-state index in [0.29, 0.717) is 30.9 Å². The first-order valence-electron chi connectivity index (χ1n) is 21.9. The van der Waals surface area contributed by atoms with Crippen LogP contribution in [0.2, 0.25) is 25.7 Å². The molecular weight excluding hydrogens is 807 g/mol. The number of piperidine rings is 2. The summed E-state index contributed by atoms with van der Waals surface area (Å²) in [4.78, 5) is 44.2. The van der Waals surface area contributed by atoms with Gasteiger partial charge in [0, 0.05) is 94.0 Å². The van der Waals surface area contributed by atoms with Gasteiger partial charge in [-0.1, -0.05) is 50.3 Å². The molecule has 3 aliphatic rings. The van der Waals surface area contributed by atoms with Gasteiger partial charge in [-0.2, -0.15) is 5.10 Å². The first-order valence-corrected chi connectivity index (χ1v) is 25.6. The minimum atomic E-state index is -2.67. The number of ether oxygens (including phenoxy) is 2. The summed E-state index contributed by atoms with van der Waals surface area (Å²) >= 11 is 0. The third-order valence-electron chi connectivity index (χ3n) is 12.5. The Labute approximate surface area is 363 Å². The quantitative estimate of drug-likeness (QED) is 0.0618. The number of amides is 2. The summed E-state index contributed by atoms with van der Waals surface area (Å²) in [6, 6.07) is 17.4. The molecule has 0 spiro atoms. The molecule has 1 atom stereocenters. The molecule has 11 nitrogen and oxygen atoms in total. The van der Waals surface area contributed by atoms with Gasteiger partial charge in [0.15, 0.2) is 0 Å². The van der Waals surface area contributed by atoms with Gasteiger partial charge in [-0.25, -0.2) is 8.78 Å². The van der Waals surface area contributed by atoms with Gasteiger partial charge in [-0.3, -0.25) is 33.4 Å². The standard InChI is InChI=1S/C48H58F2N6O5Si/c1-32(57)54-28-37-19-36(21-45(42(37)29-54)55-16-8-9-35-20-40(38-25-51-52(2)27-38)41(48(49)50)24-44(35)55)43-10-6-7-15-53(43)26-33-11-13-34(14-12-33)30-61-39-22-46(58)56(47(59)23-39)31-60-17-18-62(3,4)5/h11-14,19-21,24-25,27-29,39,43,48H,6-10,15-18,22-23,26,30-31H2,1-5H3. The predicted octanol–water partition coefficient (Wildman–Crippen LogP) is 9.80. The zero-order valence-electron chi connectivity index (χ0n) is 36.5. The summed E-state index contributed by atoms with van der Waals surface area (Å²) in [6.45, 7) is 11.5. The molecule has 5 aromatic rings. The van der Waals surface area contributed by atoms with Crippen LogP contribution < -0.4 is 4.90 Å². The number of hydrogen-bond donors (Lipinski definition) is 0. The Kier molecular flexibility index (Phi) is 12.9. The number of imide groups is 1. The second-order valence-electron chi connectivity index (χ2n) is 18.5. The van der Waals surface area contributed by atoms with Crippen molar-refractivity contribution in [1.82, 2.24) is 24.1 Å². The first kappa shape index (κ1) is 43.6. The maximum Gasteiger partial charge on any atom is 0.264 e. The van der Waals surface area contributed by atoms with Crippen molar-refractivity contribution in [3.8, 4) is 11.1 Å². The van der Waals surface area contributed by atoms with E-state index in [2.05, 4.69) is 70.9 Å². The number of carbonyl (C=O) groups is 3. The van der Waals surface area contributed by atoms with E-state index >= 15 is 0 Å². The molecule has 2 fully saturated rings. The molecule has 14 heteroatoms. The van der Waals surface area contributed by atoms with E-state index in [4.69, 9.17) is 9.47 Å². The highest BCUT2D eigenvalue weighted by molar-refractivity contribution is 6.76. The Balaban J connectivity index is 0.989. The molecule has 2 aromatic heterocycles. The molecule has 2 amide bonds. The Morgan fingerprint density at radius 3 is 2.37 bits per heavy atom. The van der Waals surface area contributed by atoms with Crippen LogP contribution in [0, 0.1) is 0 Å². The maximum atomic E-state index is 14.8. The van der Waals surface area contributed by atoms with E-state index in [1.807, 2.05) is 18.5 Å². The molecule has 328 valence electrons. The second kappa shape index (κ2) is 18.4. The van der Waals surface area contributed by atoms with Crippen LogP contribution in [-0.2, 0) is 45.7 Å². The Bertz CT molecular complexity index is 2420. The van der Waals surface area contributed by atoms with E-state index < -0.39 is 20.6 Å². The second-order valence-corrected chi connectivity index (χ2v) is 24.1. The minimum Gasteiger partial charge on any atom is -0.372 e. The SMILES string of the molecule is CC(=O)n1cc2cc(C3CCCCN3Cc3ccc(COC4CC(=O)N(COCC[Si](C)(C)C)C(=O)C4)cc3)cc(N3CCCc4cc(-c5cnn(C)c5)c(C(F)F)cc43)c2c1. The summed E-state index contributed by atoms with van der Waals surface area (Å²) in [5.74, 6) is -0.612. The van der Waals surface area contributed by atoms with Crippen molar-refractivity contribution < 1.29 is 32.6 Å². The van der Waals surface area contributed by atoms with Gasteiger partial charge in [-0.15, -0.1) is 0 Å². The first-order chi connectivity index (χ1) is 29.7. The third kappa shape index (κ3) is 9.78. The maximum absolute atomic E-state index is 14.8. The Morgan fingerprint density at radius 2 is 1.68 bits per heavy atom. The van der Waals surface area contributed by atoms with Crippen LogP contribution in [0.1, 0.15) is 90.5 Å². The number of carbonyl (C=O) groups excluding carboxylic acids is 3. The van der Waals surface area contributed by atoms with E-state index in [1.165, 1.54) is 4.90 Å². The normalized spacial score (nSPS) is 18.0. The number of benzene rings is 3. The van der Waals surface area contributed by atoms with Gasteiger partial charge < -0.3 is 14.4 Å². The highest BCUT2D eigenvalue weighted by Gasteiger charge is 2.34. The van der Waals surface area contributed by atoms with E-state index in [1.54, 1.807) is 41.7 Å². The van der Waals surface area contributed by atoms with Crippen molar-refractivity contribution in [2.75, 3.05) is 31.3 Å². The molecule has 0 bridgehead atoms. The fourth-order valence-corrected chi connectivity index (χ4v) is 9.86. The van der Waals surface area contributed by atoms with Crippen LogP contribution in [0.15, 0.2) is 73.3 Å². The molecule has 3 aliphatic heterocycles. The number of alkyl halides is 2. The topological polar surface area (TPSA) is 102 Å². The zero-order chi connectivity index (χ0) is 43.7. The predicted molar refractivity (Wildman–Crippen MR) is 239 cm³/mol. The van der Waals surface area contributed by atoms with E-state index in [0.717, 1.165) is 95.6 Å². The van der Waals surface area contributed by atoms with Crippen molar-refractivity contribution in [3.05, 3.63) is 101 Å². The molecule has 0 N–H and O–H groups in total. The fourth-order valence-electron chi connectivity index (χ4n) is 9.11. The number of likely N-dealkylation sites (tertiary alicyclic amines) is 2. The van der Waals surface area contributed by atoms with Crippen molar-refractivity contribution in [3.63, 3.8) is 0 Å². The average molecular weight is 865 g/mol. The van der Waals surface area contributed by atoms with Gasteiger partial charge in [0.05, 0.1) is 37.4 Å². The number of nitrogens with zero attached hydrogens (tertiary/aromatic N) is 6. The van der Waals surface area contributed by atoms with Gasteiger partial charge in [0.1, 0.15) is 6.73 Å². The highest BCUT2D eigenvalue weighted by atomic mass is 28.3. The van der Waals surface area contributed by atoms with Crippen molar-refractivity contribution in [1.29, 1.82) is 0 Å². The Hall–Kier alpha value is -5.02. The number of hydrogen-bond acceptors (Lipinski definition) is 8. The summed E-state index contributed by atoms with van der Waals surface area (Å²) in [5.41, 5.74) is 7.13. The summed E-state index contributed by atoms with van der Waals surface area (Å²) < 4.78 is 44.6. The monoisotopic (exact) mass is 864 g/mol. The number of fused-ring (bicyclic) bond motifs is 2. The lowest BCUT2D eigenvalue weighted by molar-refractivity contribution is -0.160. The molecule has 2 saturated heterocycles.